The van der Waals surface area contributed by atoms with Crippen LogP contribution in [-0.4, -0.2) is 25.0 Å². The SMILES string of the molecule is CNC1CCC(N=C(C)N)CC1. The number of hydrogen-bond donors (Lipinski definition) is 2. The molecular weight excluding hydrogens is 150 g/mol. The molecule has 70 valence electrons. The Morgan fingerprint density at radius 1 is 1.33 bits per heavy atom. The zero-order chi connectivity index (χ0) is 8.97. The number of hydrogen-bond acceptors (Lipinski definition) is 2. The molecule has 0 aromatic carbocycles. The highest BCUT2D eigenvalue weighted by atomic mass is 14.9. The summed E-state index contributed by atoms with van der Waals surface area (Å²) >= 11 is 0. The lowest BCUT2D eigenvalue weighted by atomic mass is 9.92. The Kier molecular flexibility index (Phi) is 3.53. The van der Waals surface area contributed by atoms with E-state index in [1.807, 2.05) is 14.0 Å². The van der Waals surface area contributed by atoms with E-state index in [9.17, 15) is 0 Å². The normalized spacial score (nSPS) is 32.0. The Morgan fingerprint density at radius 2 is 1.92 bits per heavy atom. The lowest BCUT2D eigenvalue weighted by Crippen LogP contribution is -2.31. The molecule has 0 aromatic heterocycles. The summed E-state index contributed by atoms with van der Waals surface area (Å²) < 4.78 is 0. The number of aliphatic imine (C=N–C) groups is 1. The molecule has 12 heavy (non-hydrogen) atoms. The average Bonchev–Trinajstić information content (AvgIpc) is 2.05. The van der Waals surface area contributed by atoms with Crippen molar-refractivity contribution in [3.63, 3.8) is 0 Å². The molecule has 1 fully saturated rings. The summed E-state index contributed by atoms with van der Waals surface area (Å²) in [5.74, 6) is 0.725. The van der Waals surface area contributed by atoms with Gasteiger partial charge in [-0.25, -0.2) is 0 Å². The lowest BCUT2D eigenvalue weighted by Gasteiger charge is -2.25. The maximum atomic E-state index is 5.52. The van der Waals surface area contributed by atoms with Crippen molar-refractivity contribution in [3.05, 3.63) is 0 Å². The molecule has 3 N–H and O–H groups in total. The first-order valence-corrected chi connectivity index (χ1v) is 4.69. The van der Waals surface area contributed by atoms with Crippen LogP contribution < -0.4 is 11.1 Å². The molecule has 1 aliphatic rings. The van der Waals surface area contributed by atoms with Crippen molar-refractivity contribution in [1.82, 2.24) is 5.32 Å². The van der Waals surface area contributed by atoms with Gasteiger partial charge in [0.2, 0.25) is 0 Å². The molecule has 0 heterocycles. The van der Waals surface area contributed by atoms with Crippen molar-refractivity contribution in [3.8, 4) is 0 Å². The number of amidine groups is 1. The Morgan fingerprint density at radius 3 is 2.33 bits per heavy atom. The molecule has 0 bridgehead atoms. The second-order valence-corrected chi connectivity index (χ2v) is 3.56. The predicted molar refractivity (Wildman–Crippen MR) is 52.4 cm³/mol. The molecule has 1 rings (SSSR count). The van der Waals surface area contributed by atoms with E-state index in [-0.39, 0.29) is 0 Å². The monoisotopic (exact) mass is 169 g/mol. The molecule has 0 radical (unpaired) electrons. The second kappa shape index (κ2) is 4.45. The Bertz CT molecular complexity index is 153. The van der Waals surface area contributed by atoms with Crippen LogP contribution in [0.5, 0.6) is 0 Å². The number of nitrogens with two attached hydrogens (primary N) is 1. The van der Waals surface area contributed by atoms with E-state index in [0.29, 0.717) is 12.1 Å². The zero-order valence-electron chi connectivity index (χ0n) is 8.01. The first-order valence-electron chi connectivity index (χ1n) is 4.69. The first-order chi connectivity index (χ1) is 5.72. The highest BCUT2D eigenvalue weighted by molar-refractivity contribution is 5.77. The van der Waals surface area contributed by atoms with Crippen LogP contribution in [0, 0.1) is 0 Å². The van der Waals surface area contributed by atoms with Gasteiger partial charge in [0.25, 0.3) is 0 Å². The summed E-state index contributed by atoms with van der Waals surface area (Å²) in [4.78, 5) is 4.37. The molecule has 0 unspecified atom stereocenters. The fourth-order valence-corrected chi connectivity index (χ4v) is 1.78. The quantitative estimate of drug-likeness (QED) is 0.476. The van der Waals surface area contributed by atoms with Gasteiger partial charge in [0, 0.05) is 6.04 Å². The molecule has 0 aromatic rings. The minimum Gasteiger partial charge on any atom is -0.388 e. The maximum Gasteiger partial charge on any atom is 0.0909 e. The summed E-state index contributed by atoms with van der Waals surface area (Å²) in [6, 6.07) is 1.19. The number of nitrogens with zero attached hydrogens (tertiary/aromatic N) is 1. The van der Waals surface area contributed by atoms with Crippen molar-refractivity contribution >= 4 is 5.84 Å². The van der Waals surface area contributed by atoms with Crippen molar-refractivity contribution in [2.24, 2.45) is 10.7 Å². The van der Waals surface area contributed by atoms with Gasteiger partial charge in [0.05, 0.1) is 11.9 Å². The van der Waals surface area contributed by atoms with E-state index < -0.39 is 0 Å². The second-order valence-electron chi connectivity index (χ2n) is 3.56. The summed E-state index contributed by atoms with van der Waals surface area (Å²) in [5, 5.41) is 3.30. The van der Waals surface area contributed by atoms with E-state index in [4.69, 9.17) is 5.73 Å². The Balaban J connectivity index is 2.31. The molecule has 0 spiro atoms. The molecule has 3 nitrogen and oxygen atoms in total. The van der Waals surface area contributed by atoms with Gasteiger partial charge < -0.3 is 11.1 Å². The van der Waals surface area contributed by atoms with Gasteiger partial charge in [-0.05, 0) is 39.7 Å². The topological polar surface area (TPSA) is 50.4 Å². The van der Waals surface area contributed by atoms with Gasteiger partial charge in [0.15, 0.2) is 0 Å². The van der Waals surface area contributed by atoms with Gasteiger partial charge >= 0.3 is 0 Å². The van der Waals surface area contributed by atoms with Crippen LogP contribution in [0.4, 0.5) is 0 Å². The molecular formula is C9H19N3. The maximum absolute atomic E-state index is 5.52. The summed E-state index contributed by atoms with van der Waals surface area (Å²) in [7, 11) is 2.03. The van der Waals surface area contributed by atoms with Crippen LogP contribution in [0.25, 0.3) is 0 Å². The minimum absolute atomic E-state index is 0.486. The van der Waals surface area contributed by atoms with E-state index in [1.54, 1.807) is 0 Å². The molecule has 3 heteroatoms. The standard InChI is InChI=1S/C9H19N3/c1-7(10)12-9-5-3-8(11-2)4-6-9/h8-9,11H,3-6H2,1-2H3,(H2,10,12). The van der Waals surface area contributed by atoms with Gasteiger partial charge in [-0.1, -0.05) is 0 Å². The first kappa shape index (κ1) is 9.52. The molecule has 0 atom stereocenters. The molecule has 1 aliphatic carbocycles. The summed E-state index contributed by atoms with van der Waals surface area (Å²) in [5.41, 5.74) is 5.52. The molecule has 0 saturated heterocycles. The van der Waals surface area contributed by atoms with Crippen LogP contribution >= 0.6 is 0 Å². The fourth-order valence-electron chi connectivity index (χ4n) is 1.78. The highest BCUT2D eigenvalue weighted by Gasteiger charge is 2.18. The van der Waals surface area contributed by atoms with E-state index in [0.717, 1.165) is 5.84 Å². The van der Waals surface area contributed by atoms with Crippen LogP contribution in [-0.2, 0) is 0 Å². The summed E-state index contributed by atoms with van der Waals surface area (Å²) in [6.45, 7) is 1.87. The molecule has 0 aliphatic heterocycles. The van der Waals surface area contributed by atoms with Gasteiger partial charge in [0.1, 0.15) is 0 Å². The zero-order valence-corrected chi connectivity index (χ0v) is 8.01. The van der Waals surface area contributed by atoms with Crippen LogP contribution in [0.15, 0.2) is 4.99 Å². The largest absolute Gasteiger partial charge is 0.388 e. The minimum atomic E-state index is 0.486. The molecule has 0 amide bonds. The average molecular weight is 169 g/mol. The summed E-state index contributed by atoms with van der Waals surface area (Å²) in [6.07, 6.45) is 4.83. The van der Waals surface area contributed by atoms with Crippen molar-refractivity contribution < 1.29 is 0 Å². The van der Waals surface area contributed by atoms with E-state index in [1.165, 1.54) is 25.7 Å². The lowest BCUT2D eigenvalue weighted by molar-refractivity contribution is 0.360. The van der Waals surface area contributed by atoms with Gasteiger partial charge in [-0.3, -0.25) is 4.99 Å². The third-order valence-electron chi connectivity index (χ3n) is 2.49. The predicted octanol–water partition coefficient (Wildman–Crippen LogP) is 0.894. The highest BCUT2D eigenvalue weighted by Crippen LogP contribution is 2.20. The fraction of sp³-hybridized carbons (Fsp3) is 0.889. The van der Waals surface area contributed by atoms with Gasteiger partial charge in [-0.15, -0.1) is 0 Å². The van der Waals surface area contributed by atoms with Crippen LogP contribution in [0.1, 0.15) is 32.6 Å². The van der Waals surface area contributed by atoms with Crippen LogP contribution in [0.2, 0.25) is 0 Å². The number of rotatable bonds is 2. The van der Waals surface area contributed by atoms with Crippen molar-refractivity contribution in [2.75, 3.05) is 7.05 Å². The number of nitrogens with one attached hydrogen (secondary N) is 1. The smallest absolute Gasteiger partial charge is 0.0909 e. The Labute approximate surface area is 74.4 Å². The third-order valence-corrected chi connectivity index (χ3v) is 2.49. The van der Waals surface area contributed by atoms with E-state index in [2.05, 4.69) is 10.3 Å². The van der Waals surface area contributed by atoms with Crippen molar-refractivity contribution in [1.29, 1.82) is 0 Å². The van der Waals surface area contributed by atoms with E-state index >= 15 is 0 Å². The third kappa shape index (κ3) is 2.81. The van der Waals surface area contributed by atoms with Gasteiger partial charge in [-0.2, -0.15) is 0 Å². The van der Waals surface area contributed by atoms with Crippen LogP contribution in [0.3, 0.4) is 0 Å². The van der Waals surface area contributed by atoms with Crippen molar-refractivity contribution in [2.45, 2.75) is 44.7 Å². The molecule has 1 saturated carbocycles. The Hall–Kier alpha value is -0.570.